The third kappa shape index (κ3) is 3.14. The Kier molecular flexibility index (Phi) is 4.60. The van der Waals surface area contributed by atoms with Gasteiger partial charge in [-0.1, -0.05) is 28.1 Å². The standard InChI is InChI=1S/C16H19BrFNO2/c17-11-3-1-10(2-4-11)13-9-12-5-6-14(19-12)15(13)16(20)21-8-7-18/h1-4,12-15,19H,5-9H2/t12-,13?,14+,15?/m1/s1. The van der Waals surface area contributed by atoms with Gasteiger partial charge in [0.05, 0.1) is 5.92 Å². The Balaban J connectivity index is 1.84. The Morgan fingerprint density at radius 1 is 1.33 bits per heavy atom. The van der Waals surface area contributed by atoms with Crippen molar-refractivity contribution in [3.63, 3.8) is 0 Å². The fourth-order valence-corrected chi connectivity index (χ4v) is 3.93. The van der Waals surface area contributed by atoms with Crippen LogP contribution in [0.25, 0.3) is 0 Å². The first-order valence-corrected chi connectivity index (χ1v) is 8.22. The van der Waals surface area contributed by atoms with Crippen LogP contribution in [-0.4, -0.2) is 31.3 Å². The summed E-state index contributed by atoms with van der Waals surface area (Å²) >= 11 is 3.44. The van der Waals surface area contributed by atoms with Crippen LogP contribution < -0.4 is 5.32 Å². The Labute approximate surface area is 132 Å². The molecule has 0 radical (unpaired) electrons. The molecule has 2 unspecified atom stereocenters. The fraction of sp³-hybridized carbons (Fsp3) is 0.562. The van der Waals surface area contributed by atoms with Crippen molar-refractivity contribution in [2.24, 2.45) is 5.92 Å². The number of esters is 1. The lowest BCUT2D eigenvalue weighted by molar-refractivity contribution is -0.151. The number of carbonyl (C=O) groups excluding carboxylic acids is 1. The Bertz CT molecular complexity index is 508. The molecule has 1 aromatic carbocycles. The van der Waals surface area contributed by atoms with Crippen LogP contribution in [0.2, 0.25) is 0 Å². The van der Waals surface area contributed by atoms with Gasteiger partial charge in [-0.25, -0.2) is 4.39 Å². The van der Waals surface area contributed by atoms with E-state index < -0.39 is 6.67 Å². The minimum absolute atomic E-state index is 0.140. The molecular formula is C16H19BrFNO2. The van der Waals surface area contributed by atoms with Gasteiger partial charge >= 0.3 is 5.97 Å². The predicted molar refractivity (Wildman–Crippen MR) is 81.9 cm³/mol. The van der Waals surface area contributed by atoms with Gasteiger partial charge in [-0.3, -0.25) is 4.79 Å². The highest BCUT2D eigenvalue weighted by Gasteiger charge is 2.46. The molecule has 2 fully saturated rings. The molecule has 114 valence electrons. The zero-order valence-corrected chi connectivity index (χ0v) is 13.3. The first kappa shape index (κ1) is 15.0. The Hall–Kier alpha value is -0.940. The topological polar surface area (TPSA) is 38.3 Å². The number of piperidine rings is 1. The molecule has 3 nitrogen and oxygen atoms in total. The van der Waals surface area contributed by atoms with Crippen molar-refractivity contribution in [2.75, 3.05) is 13.3 Å². The molecule has 1 aromatic rings. The van der Waals surface area contributed by atoms with Gasteiger partial charge in [-0.15, -0.1) is 0 Å². The summed E-state index contributed by atoms with van der Waals surface area (Å²) in [6.07, 6.45) is 3.03. The summed E-state index contributed by atoms with van der Waals surface area (Å²) in [5.41, 5.74) is 1.17. The van der Waals surface area contributed by atoms with Gasteiger partial charge in [-0.2, -0.15) is 0 Å². The number of ether oxygens (including phenoxy) is 1. The smallest absolute Gasteiger partial charge is 0.311 e. The Morgan fingerprint density at radius 3 is 2.81 bits per heavy atom. The minimum atomic E-state index is -0.623. The second-order valence-electron chi connectivity index (χ2n) is 5.82. The Morgan fingerprint density at radius 2 is 2.10 bits per heavy atom. The third-order valence-corrected chi connectivity index (χ3v) is 5.10. The highest BCUT2D eigenvalue weighted by molar-refractivity contribution is 9.10. The summed E-state index contributed by atoms with van der Waals surface area (Å²) in [4.78, 5) is 12.4. The van der Waals surface area contributed by atoms with Gasteiger partial charge in [-0.05, 0) is 37.0 Å². The average Bonchev–Trinajstić information content (AvgIpc) is 2.87. The number of alkyl halides is 1. The number of fused-ring (bicyclic) bond motifs is 2. The van der Waals surface area contributed by atoms with Gasteiger partial charge in [0.15, 0.2) is 0 Å². The maximum absolute atomic E-state index is 12.4. The normalized spacial score (nSPS) is 31.1. The zero-order chi connectivity index (χ0) is 14.8. The summed E-state index contributed by atoms with van der Waals surface area (Å²) in [6.45, 7) is -0.763. The minimum Gasteiger partial charge on any atom is -0.463 e. The lowest BCUT2D eigenvalue weighted by Gasteiger charge is -2.36. The van der Waals surface area contributed by atoms with Crippen LogP contribution in [0.1, 0.15) is 30.7 Å². The predicted octanol–water partition coefficient (Wildman–Crippen LogP) is 3.19. The molecule has 2 aliphatic rings. The van der Waals surface area contributed by atoms with E-state index in [9.17, 15) is 9.18 Å². The van der Waals surface area contributed by atoms with Crippen molar-refractivity contribution in [1.82, 2.24) is 5.32 Å². The van der Waals surface area contributed by atoms with Crippen LogP contribution in [0.5, 0.6) is 0 Å². The number of carbonyl (C=O) groups is 1. The molecule has 2 aliphatic heterocycles. The summed E-state index contributed by atoms with van der Waals surface area (Å²) in [6, 6.07) is 8.77. The van der Waals surface area contributed by atoms with Crippen LogP contribution in [0.15, 0.2) is 28.7 Å². The van der Waals surface area contributed by atoms with Crippen molar-refractivity contribution < 1.29 is 13.9 Å². The van der Waals surface area contributed by atoms with E-state index in [0.717, 1.165) is 23.7 Å². The fourth-order valence-electron chi connectivity index (χ4n) is 3.67. The van der Waals surface area contributed by atoms with E-state index >= 15 is 0 Å². The van der Waals surface area contributed by atoms with E-state index in [1.807, 2.05) is 12.1 Å². The molecule has 0 saturated carbocycles. The molecular weight excluding hydrogens is 337 g/mol. The molecule has 21 heavy (non-hydrogen) atoms. The monoisotopic (exact) mass is 355 g/mol. The van der Waals surface area contributed by atoms with E-state index in [1.54, 1.807) is 0 Å². The van der Waals surface area contributed by atoms with Crippen LogP contribution in [0.3, 0.4) is 0 Å². The number of nitrogens with one attached hydrogen (secondary N) is 1. The van der Waals surface area contributed by atoms with E-state index in [2.05, 4.69) is 33.4 Å². The second-order valence-corrected chi connectivity index (χ2v) is 6.74. The van der Waals surface area contributed by atoms with E-state index in [0.29, 0.717) is 6.04 Å². The lowest BCUT2D eigenvalue weighted by Crippen LogP contribution is -2.48. The second kappa shape index (κ2) is 6.44. The highest BCUT2D eigenvalue weighted by atomic mass is 79.9. The quantitative estimate of drug-likeness (QED) is 0.843. The first-order chi connectivity index (χ1) is 10.2. The van der Waals surface area contributed by atoms with Crippen LogP contribution in [-0.2, 0) is 9.53 Å². The molecule has 2 saturated heterocycles. The maximum atomic E-state index is 12.4. The van der Waals surface area contributed by atoms with Crippen molar-refractivity contribution in [3.8, 4) is 0 Å². The van der Waals surface area contributed by atoms with Crippen molar-refractivity contribution in [1.29, 1.82) is 0 Å². The van der Waals surface area contributed by atoms with Crippen molar-refractivity contribution in [3.05, 3.63) is 34.3 Å². The zero-order valence-electron chi connectivity index (χ0n) is 11.7. The molecule has 0 aromatic heterocycles. The number of hydrogen-bond acceptors (Lipinski definition) is 3. The van der Waals surface area contributed by atoms with Crippen LogP contribution in [0, 0.1) is 5.92 Å². The molecule has 2 heterocycles. The van der Waals surface area contributed by atoms with Crippen LogP contribution in [0.4, 0.5) is 4.39 Å². The molecule has 0 aliphatic carbocycles. The van der Waals surface area contributed by atoms with E-state index in [1.165, 1.54) is 5.56 Å². The molecule has 2 bridgehead atoms. The summed E-state index contributed by atoms with van der Waals surface area (Å²) in [7, 11) is 0. The van der Waals surface area contributed by atoms with Gasteiger partial charge in [0.1, 0.15) is 13.3 Å². The van der Waals surface area contributed by atoms with Crippen LogP contribution >= 0.6 is 15.9 Å². The van der Waals surface area contributed by atoms with E-state index in [-0.39, 0.29) is 30.5 Å². The largest absolute Gasteiger partial charge is 0.463 e. The molecule has 1 N–H and O–H groups in total. The highest BCUT2D eigenvalue weighted by Crippen LogP contribution is 2.42. The van der Waals surface area contributed by atoms with Crippen molar-refractivity contribution in [2.45, 2.75) is 37.3 Å². The SMILES string of the molecule is O=C(OCCF)C1C(c2ccc(Br)cc2)C[C@H]2CC[C@@H]1N2. The number of hydrogen-bond donors (Lipinski definition) is 1. The first-order valence-electron chi connectivity index (χ1n) is 7.43. The summed E-state index contributed by atoms with van der Waals surface area (Å²) in [5.74, 6) is -0.321. The molecule has 0 spiro atoms. The number of rotatable bonds is 4. The van der Waals surface area contributed by atoms with Gasteiger partial charge in [0.2, 0.25) is 0 Å². The average molecular weight is 356 g/mol. The number of halogens is 2. The molecule has 3 rings (SSSR count). The van der Waals surface area contributed by atoms with E-state index in [4.69, 9.17) is 4.74 Å². The van der Waals surface area contributed by atoms with Crippen molar-refractivity contribution >= 4 is 21.9 Å². The molecule has 0 amide bonds. The van der Waals surface area contributed by atoms with Gasteiger partial charge in [0, 0.05) is 22.5 Å². The maximum Gasteiger partial charge on any atom is 0.311 e. The van der Waals surface area contributed by atoms with Gasteiger partial charge < -0.3 is 10.1 Å². The lowest BCUT2D eigenvalue weighted by atomic mass is 9.77. The third-order valence-electron chi connectivity index (χ3n) is 4.57. The summed E-state index contributed by atoms with van der Waals surface area (Å²) < 4.78 is 18.4. The molecule has 4 atom stereocenters. The molecule has 5 heteroatoms. The number of benzene rings is 1. The summed E-state index contributed by atoms with van der Waals surface area (Å²) in [5, 5.41) is 3.50. The van der Waals surface area contributed by atoms with Gasteiger partial charge in [0.25, 0.3) is 0 Å².